The van der Waals surface area contributed by atoms with Crippen LogP contribution >= 0.6 is 11.6 Å². The van der Waals surface area contributed by atoms with Crippen molar-refractivity contribution in [2.24, 2.45) is 15.7 Å². The maximum absolute atomic E-state index is 5.81. The Kier molecular flexibility index (Phi) is 8.63. The number of rotatable bonds is 7. The SMILES string of the molecule is C=CC(Cl)=NC(=NCOCC[Si](C)(C)C)C(C)=CN. The molecule has 0 spiro atoms. The van der Waals surface area contributed by atoms with Crippen molar-refractivity contribution in [2.45, 2.75) is 32.6 Å². The maximum Gasteiger partial charge on any atom is 0.155 e. The second-order valence-electron chi connectivity index (χ2n) is 5.32. The van der Waals surface area contributed by atoms with Gasteiger partial charge in [0.1, 0.15) is 11.9 Å². The van der Waals surface area contributed by atoms with Gasteiger partial charge in [0, 0.05) is 26.5 Å². The summed E-state index contributed by atoms with van der Waals surface area (Å²) in [4.78, 5) is 8.35. The van der Waals surface area contributed by atoms with Crippen LogP contribution in [0.2, 0.25) is 25.7 Å². The van der Waals surface area contributed by atoms with Gasteiger partial charge in [-0.05, 0) is 19.0 Å². The van der Waals surface area contributed by atoms with Crippen molar-refractivity contribution in [2.75, 3.05) is 13.3 Å². The summed E-state index contributed by atoms with van der Waals surface area (Å²) in [5.41, 5.74) is 6.21. The van der Waals surface area contributed by atoms with E-state index < -0.39 is 8.07 Å². The summed E-state index contributed by atoms with van der Waals surface area (Å²) in [7, 11) is -1.06. The fraction of sp³-hybridized carbons (Fsp3) is 0.538. The van der Waals surface area contributed by atoms with E-state index in [0.29, 0.717) is 5.84 Å². The molecule has 0 atom stereocenters. The molecule has 0 rings (SSSR count). The van der Waals surface area contributed by atoms with Crippen molar-refractivity contribution in [1.29, 1.82) is 0 Å². The van der Waals surface area contributed by atoms with Crippen LogP contribution in [0, 0.1) is 0 Å². The van der Waals surface area contributed by atoms with Gasteiger partial charge < -0.3 is 10.5 Å². The summed E-state index contributed by atoms with van der Waals surface area (Å²) in [6, 6.07) is 1.11. The Bertz CT molecular complexity index is 384. The molecule has 0 aliphatic rings. The molecule has 0 aliphatic heterocycles. The van der Waals surface area contributed by atoms with Gasteiger partial charge >= 0.3 is 0 Å². The number of halogens is 1. The quantitative estimate of drug-likeness (QED) is 0.339. The molecular formula is C13H24ClN3OSi. The summed E-state index contributed by atoms with van der Waals surface area (Å²) in [5.74, 6) is 0.473. The first-order valence-corrected chi connectivity index (χ1v) is 10.3. The molecule has 0 aliphatic carbocycles. The van der Waals surface area contributed by atoms with Gasteiger partial charge in [-0.2, -0.15) is 0 Å². The van der Waals surface area contributed by atoms with Crippen LogP contribution in [0.25, 0.3) is 0 Å². The molecule has 0 heterocycles. The minimum atomic E-state index is -1.06. The molecule has 0 aromatic heterocycles. The van der Waals surface area contributed by atoms with E-state index in [2.05, 4.69) is 36.2 Å². The number of allylic oxidation sites excluding steroid dienone is 1. The molecule has 4 nitrogen and oxygen atoms in total. The van der Waals surface area contributed by atoms with E-state index >= 15 is 0 Å². The Labute approximate surface area is 122 Å². The van der Waals surface area contributed by atoms with E-state index in [1.54, 1.807) is 0 Å². The molecule has 19 heavy (non-hydrogen) atoms. The molecule has 0 saturated heterocycles. The summed E-state index contributed by atoms with van der Waals surface area (Å²) >= 11 is 5.81. The standard InChI is InChI=1S/C13H24ClN3OSi/c1-6-12(14)17-13(11(2)9-15)16-10-18-7-8-19(3,4)5/h6,9H,1,7-8,10,15H2,2-5H3. The predicted molar refractivity (Wildman–Crippen MR) is 87.8 cm³/mol. The highest BCUT2D eigenvalue weighted by Gasteiger charge is 2.11. The van der Waals surface area contributed by atoms with Gasteiger partial charge in [0.15, 0.2) is 5.84 Å². The van der Waals surface area contributed by atoms with Crippen LogP contribution in [0.3, 0.4) is 0 Å². The monoisotopic (exact) mass is 301 g/mol. The highest BCUT2D eigenvalue weighted by Crippen LogP contribution is 2.07. The van der Waals surface area contributed by atoms with Gasteiger partial charge in [0.25, 0.3) is 0 Å². The van der Waals surface area contributed by atoms with Crippen LogP contribution in [-0.2, 0) is 4.74 Å². The van der Waals surface area contributed by atoms with Crippen LogP contribution in [0.1, 0.15) is 6.92 Å². The average Bonchev–Trinajstić information content (AvgIpc) is 2.34. The van der Waals surface area contributed by atoms with Crippen molar-refractivity contribution < 1.29 is 4.74 Å². The topological polar surface area (TPSA) is 60.0 Å². The van der Waals surface area contributed by atoms with Crippen molar-refractivity contribution in [1.82, 2.24) is 0 Å². The molecule has 0 unspecified atom stereocenters. The van der Waals surface area contributed by atoms with Crippen LogP contribution in [-0.4, -0.2) is 32.4 Å². The first-order chi connectivity index (χ1) is 8.80. The molecule has 6 heteroatoms. The number of nitrogens with two attached hydrogens (primary N) is 1. The lowest BCUT2D eigenvalue weighted by Gasteiger charge is -2.14. The van der Waals surface area contributed by atoms with Crippen molar-refractivity contribution in [3.05, 3.63) is 24.4 Å². The van der Waals surface area contributed by atoms with Crippen LogP contribution in [0.5, 0.6) is 0 Å². The molecule has 0 radical (unpaired) electrons. The average molecular weight is 302 g/mol. The molecule has 108 valence electrons. The zero-order chi connectivity index (χ0) is 14.9. The smallest absolute Gasteiger partial charge is 0.155 e. The van der Waals surface area contributed by atoms with Gasteiger partial charge in [-0.1, -0.05) is 37.8 Å². The number of aliphatic imine (C=N–C) groups is 2. The second kappa shape index (κ2) is 9.06. The lowest BCUT2D eigenvalue weighted by molar-refractivity contribution is 0.155. The van der Waals surface area contributed by atoms with E-state index in [9.17, 15) is 0 Å². The molecule has 0 fully saturated rings. The normalized spacial score (nSPS) is 14.7. The maximum atomic E-state index is 5.81. The van der Waals surface area contributed by atoms with Gasteiger partial charge in [0.2, 0.25) is 0 Å². The van der Waals surface area contributed by atoms with E-state index in [1.165, 1.54) is 12.3 Å². The Morgan fingerprint density at radius 3 is 2.53 bits per heavy atom. The Morgan fingerprint density at radius 2 is 2.05 bits per heavy atom. The van der Waals surface area contributed by atoms with Crippen LogP contribution in [0.15, 0.2) is 34.4 Å². The van der Waals surface area contributed by atoms with E-state index in [1.807, 2.05) is 6.92 Å². The summed E-state index contributed by atoms with van der Waals surface area (Å²) in [6.07, 6.45) is 2.89. The number of ether oxygens (including phenoxy) is 1. The molecular weight excluding hydrogens is 278 g/mol. The number of hydrogen-bond acceptors (Lipinski definition) is 3. The Morgan fingerprint density at radius 1 is 1.42 bits per heavy atom. The van der Waals surface area contributed by atoms with Crippen molar-refractivity contribution >= 4 is 30.7 Å². The number of nitrogens with zero attached hydrogens (tertiary/aromatic N) is 2. The first-order valence-electron chi connectivity index (χ1n) is 6.18. The Hall–Kier alpha value is -0.913. The fourth-order valence-electron chi connectivity index (χ4n) is 1.02. The lowest BCUT2D eigenvalue weighted by atomic mass is 10.3. The molecule has 0 aromatic carbocycles. The Balaban J connectivity index is 4.47. The molecule has 0 amide bonds. The van der Waals surface area contributed by atoms with E-state index in [0.717, 1.165) is 18.2 Å². The molecule has 0 aromatic rings. The van der Waals surface area contributed by atoms with Gasteiger partial charge in [-0.3, -0.25) is 0 Å². The largest absolute Gasteiger partial charge is 0.404 e. The first kappa shape index (κ1) is 18.1. The summed E-state index contributed by atoms with van der Waals surface area (Å²) < 4.78 is 5.49. The highest BCUT2D eigenvalue weighted by atomic mass is 35.5. The molecule has 0 saturated carbocycles. The fourth-order valence-corrected chi connectivity index (χ4v) is 1.86. The zero-order valence-corrected chi connectivity index (χ0v) is 14.0. The summed E-state index contributed by atoms with van der Waals surface area (Å²) in [6.45, 7) is 13.3. The van der Waals surface area contributed by atoms with E-state index in [4.69, 9.17) is 22.1 Å². The predicted octanol–water partition coefficient (Wildman–Crippen LogP) is 3.38. The van der Waals surface area contributed by atoms with Crippen molar-refractivity contribution in [3.63, 3.8) is 0 Å². The molecule has 0 bridgehead atoms. The highest BCUT2D eigenvalue weighted by molar-refractivity contribution is 6.76. The minimum Gasteiger partial charge on any atom is -0.404 e. The lowest BCUT2D eigenvalue weighted by Crippen LogP contribution is -2.21. The zero-order valence-electron chi connectivity index (χ0n) is 12.2. The second-order valence-corrected chi connectivity index (χ2v) is 11.3. The number of hydrogen-bond donors (Lipinski definition) is 1. The van der Waals surface area contributed by atoms with Gasteiger partial charge in [-0.15, -0.1) is 0 Å². The third-order valence-electron chi connectivity index (χ3n) is 2.29. The van der Waals surface area contributed by atoms with Gasteiger partial charge in [0.05, 0.1) is 0 Å². The van der Waals surface area contributed by atoms with Gasteiger partial charge in [-0.25, -0.2) is 9.98 Å². The third kappa shape index (κ3) is 9.64. The third-order valence-corrected chi connectivity index (χ3v) is 4.23. The van der Waals surface area contributed by atoms with Crippen molar-refractivity contribution in [3.8, 4) is 0 Å². The summed E-state index contributed by atoms with van der Waals surface area (Å²) in [5, 5.41) is 0.280. The molecule has 2 N–H and O–H groups in total. The minimum absolute atomic E-state index is 0.260. The van der Waals surface area contributed by atoms with Crippen LogP contribution < -0.4 is 5.73 Å². The van der Waals surface area contributed by atoms with E-state index in [-0.39, 0.29) is 11.9 Å². The van der Waals surface area contributed by atoms with Crippen LogP contribution in [0.4, 0.5) is 0 Å². The number of amidine groups is 1.